The number of aliphatic hydroxyl groups is 1. The molecule has 0 aromatic heterocycles. The summed E-state index contributed by atoms with van der Waals surface area (Å²) < 4.78 is 27.3. The van der Waals surface area contributed by atoms with Crippen LogP contribution in [0.2, 0.25) is 5.02 Å². The van der Waals surface area contributed by atoms with Crippen LogP contribution in [-0.2, 0) is 20.4 Å². The van der Waals surface area contributed by atoms with Crippen LogP contribution in [0.15, 0.2) is 47.4 Å². The Balaban J connectivity index is 2.02. The molecular formula is C18H19ClN2O4S. The molecular weight excluding hydrogens is 376 g/mol. The van der Waals surface area contributed by atoms with Gasteiger partial charge in [-0.05, 0) is 56.7 Å². The minimum Gasteiger partial charge on any atom is -0.372 e. The van der Waals surface area contributed by atoms with Crippen LogP contribution in [0, 0.1) is 0 Å². The number of anilines is 1. The highest BCUT2D eigenvalue weighted by Gasteiger charge is 2.47. The molecule has 2 aromatic rings. The van der Waals surface area contributed by atoms with Gasteiger partial charge < -0.3 is 10.4 Å². The van der Waals surface area contributed by atoms with Crippen LogP contribution in [0.5, 0.6) is 0 Å². The van der Waals surface area contributed by atoms with Crippen molar-refractivity contribution in [3.8, 4) is 0 Å². The van der Waals surface area contributed by atoms with E-state index >= 15 is 0 Å². The summed E-state index contributed by atoms with van der Waals surface area (Å²) in [4.78, 5) is 12.4. The first-order valence-corrected chi connectivity index (χ1v) is 9.78. The molecule has 3 N–H and O–H groups in total. The maximum Gasteiger partial charge on any atom is 0.265 e. The van der Waals surface area contributed by atoms with Crippen LogP contribution >= 0.6 is 11.6 Å². The zero-order valence-electron chi connectivity index (χ0n) is 14.5. The predicted octanol–water partition coefficient (Wildman–Crippen LogP) is 2.60. The molecule has 0 saturated carbocycles. The number of fused-ring (bicyclic) bond motifs is 1. The molecule has 8 heteroatoms. The monoisotopic (exact) mass is 394 g/mol. The van der Waals surface area contributed by atoms with Gasteiger partial charge in [0.15, 0.2) is 5.60 Å². The molecule has 0 radical (unpaired) electrons. The Morgan fingerprint density at radius 2 is 1.73 bits per heavy atom. The molecule has 6 nitrogen and oxygen atoms in total. The number of halogens is 1. The Morgan fingerprint density at radius 1 is 1.12 bits per heavy atom. The fraction of sp³-hybridized carbons (Fsp3) is 0.278. The average molecular weight is 395 g/mol. The third-order valence-electron chi connectivity index (χ3n) is 3.97. The molecule has 0 aliphatic carbocycles. The summed E-state index contributed by atoms with van der Waals surface area (Å²) in [6, 6.07) is 10.3. The quantitative estimate of drug-likeness (QED) is 0.745. The van der Waals surface area contributed by atoms with E-state index in [0.717, 1.165) is 0 Å². The van der Waals surface area contributed by atoms with E-state index in [2.05, 4.69) is 10.0 Å². The van der Waals surface area contributed by atoms with Crippen molar-refractivity contribution < 1.29 is 18.3 Å². The Labute approximate surface area is 157 Å². The van der Waals surface area contributed by atoms with E-state index in [1.807, 2.05) is 0 Å². The molecule has 26 heavy (non-hydrogen) atoms. The summed E-state index contributed by atoms with van der Waals surface area (Å²) in [7, 11) is -3.71. The maximum atomic E-state index is 12.4. The lowest BCUT2D eigenvalue weighted by Crippen LogP contribution is -2.40. The first kappa shape index (κ1) is 18.8. The Bertz CT molecular complexity index is 981. The van der Waals surface area contributed by atoms with Gasteiger partial charge in [-0.2, -0.15) is 0 Å². The van der Waals surface area contributed by atoms with Gasteiger partial charge >= 0.3 is 0 Å². The lowest BCUT2D eigenvalue weighted by Gasteiger charge is -2.23. The van der Waals surface area contributed by atoms with Gasteiger partial charge in [-0.15, -0.1) is 0 Å². The fourth-order valence-electron chi connectivity index (χ4n) is 2.88. The molecule has 1 amide bonds. The lowest BCUT2D eigenvalue weighted by atomic mass is 9.87. The first-order valence-electron chi connectivity index (χ1n) is 7.92. The van der Waals surface area contributed by atoms with Crippen LogP contribution in [0.3, 0.4) is 0 Å². The predicted molar refractivity (Wildman–Crippen MR) is 99.6 cm³/mol. The molecule has 2 aromatic carbocycles. The van der Waals surface area contributed by atoms with Gasteiger partial charge in [0.1, 0.15) is 0 Å². The number of carbonyl (C=O) groups is 1. The average Bonchev–Trinajstić information content (AvgIpc) is 2.78. The molecule has 138 valence electrons. The van der Waals surface area contributed by atoms with Gasteiger partial charge in [-0.25, -0.2) is 13.1 Å². The molecule has 1 atom stereocenters. The Hall–Kier alpha value is -1.93. The normalized spacial score (nSPS) is 20.0. The number of sulfonamides is 1. The molecule has 0 bridgehead atoms. The molecule has 1 unspecified atom stereocenters. The minimum atomic E-state index is -3.71. The van der Waals surface area contributed by atoms with Crippen LogP contribution in [0.1, 0.15) is 31.9 Å². The summed E-state index contributed by atoms with van der Waals surface area (Å²) in [5, 5.41) is 14.0. The maximum absolute atomic E-state index is 12.4. The van der Waals surface area contributed by atoms with E-state index in [9.17, 15) is 18.3 Å². The van der Waals surface area contributed by atoms with Crippen molar-refractivity contribution in [2.24, 2.45) is 0 Å². The van der Waals surface area contributed by atoms with E-state index in [0.29, 0.717) is 16.3 Å². The zero-order chi connectivity index (χ0) is 19.3. The second kappa shape index (κ2) is 6.06. The van der Waals surface area contributed by atoms with Crippen LogP contribution in [-0.4, -0.2) is 25.0 Å². The van der Waals surface area contributed by atoms with E-state index in [-0.39, 0.29) is 10.5 Å². The highest BCUT2D eigenvalue weighted by atomic mass is 35.5. The second-order valence-electron chi connectivity index (χ2n) is 7.23. The van der Waals surface area contributed by atoms with Gasteiger partial charge in [0.25, 0.3) is 5.91 Å². The van der Waals surface area contributed by atoms with E-state index in [1.165, 1.54) is 30.3 Å². The molecule has 0 spiro atoms. The highest BCUT2D eigenvalue weighted by molar-refractivity contribution is 7.89. The third kappa shape index (κ3) is 3.23. The Morgan fingerprint density at radius 3 is 2.31 bits per heavy atom. The van der Waals surface area contributed by atoms with Crippen molar-refractivity contribution in [3.05, 3.63) is 58.6 Å². The van der Waals surface area contributed by atoms with E-state index in [1.54, 1.807) is 32.9 Å². The van der Waals surface area contributed by atoms with Gasteiger partial charge in [-0.1, -0.05) is 23.7 Å². The molecule has 1 aliphatic rings. The van der Waals surface area contributed by atoms with Crippen LogP contribution < -0.4 is 10.0 Å². The topological polar surface area (TPSA) is 95.5 Å². The number of carbonyl (C=O) groups excluding carboxylic acids is 1. The molecule has 1 heterocycles. The number of hydrogen-bond donors (Lipinski definition) is 3. The standard InChI is InChI=1S/C18H19ClN2O4S/c1-17(2,3)21-26(24,25)13-7-4-11(5-8-13)18(23)14-10-12(19)6-9-15(14)20-16(18)22/h4-10,21,23H,1-3H3,(H,20,22). The summed E-state index contributed by atoms with van der Waals surface area (Å²) in [5.74, 6) is -0.613. The minimum absolute atomic E-state index is 0.0458. The summed E-state index contributed by atoms with van der Waals surface area (Å²) >= 11 is 5.99. The van der Waals surface area contributed by atoms with Crippen LogP contribution in [0.4, 0.5) is 5.69 Å². The van der Waals surface area contributed by atoms with Crippen molar-refractivity contribution in [2.75, 3.05) is 5.32 Å². The highest BCUT2D eigenvalue weighted by Crippen LogP contribution is 2.42. The second-order valence-corrected chi connectivity index (χ2v) is 9.35. The van der Waals surface area contributed by atoms with Gasteiger partial charge in [0.05, 0.1) is 4.90 Å². The molecule has 1 aliphatic heterocycles. The molecule has 3 rings (SSSR count). The van der Waals surface area contributed by atoms with E-state index < -0.39 is 27.1 Å². The number of benzene rings is 2. The summed E-state index contributed by atoms with van der Waals surface area (Å²) in [6.07, 6.45) is 0. The number of nitrogens with one attached hydrogen (secondary N) is 2. The smallest absolute Gasteiger partial charge is 0.265 e. The third-order valence-corrected chi connectivity index (χ3v) is 5.98. The van der Waals surface area contributed by atoms with Crippen molar-refractivity contribution in [3.63, 3.8) is 0 Å². The summed E-state index contributed by atoms with van der Waals surface area (Å²) in [5.41, 5.74) is -1.51. The SMILES string of the molecule is CC(C)(C)NS(=O)(=O)c1ccc(C2(O)C(=O)Nc3ccc(Cl)cc32)cc1. The van der Waals surface area contributed by atoms with Gasteiger partial charge in [-0.3, -0.25) is 4.79 Å². The fourth-order valence-corrected chi connectivity index (χ4v) is 4.47. The molecule has 0 saturated heterocycles. The first-order chi connectivity index (χ1) is 11.9. The molecule has 0 fully saturated rings. The zero-order valence-corrected chi connectivity index (χ0v) is 16.1. The van der Waals surface area contributed by atoms with Crippen molar-refractivity contribution >= 4 is 33.2 Å². The Kier molecular flexibility index (Phi) is 4.39. The van der Waals surface area contributed by atoms with Gasteiger partial charge in [0, 0.05) is 21.8 Å². The largest absolute Gasteiger partial charge is 0.372 e. The van der Waals surface area contributed by atoms with Gasteiger partial charge in [0.2, 0.25) is 10.0 Å². The van der Waals surface area contributed by atoms with Crippen molar-refractivity contribution in [1.82, 2.24) is 4.72 Å². The van der Waals surface area contributed by atoms with Crippen LogP contribution in [0.25, 0.3) is 0 Å². The van der Waals surface area contributed by atoms with Crippen molar-refractivity contribution in [1.29, 1.82) is 0 Å². The number of rotatable bonds is 3. The lowest BCUT2D eigenvalue weighted by molar-refractivity contribution is -0.129. The number of amides is 1. The summed E-state index contributed by atoms with van der Waals surface area (Å²) in [6.45, 7) is 5.22. The van der Waals surface area contributed by atoms with E-state index in [4.69, 9.17) is 11.6 Å². The van der Waals surface area contributed by atoms with Crippen molar-refractivity contribution in [2.45, 2.75) is 36.8 Å². The number of hydrogen-bond acceptors (Lipinski definition) is 4.